The van der Waals surface area contributed by atoms with E-state index >= 15 is 0 Å². The third kappa shape index (κ3) is 4.79. The Labute approximate surface area is 117 Å². The average Bonchev–Trinajstić information content (AvgIpc) is 2.38. The summed E-state index contributed by atoms with van der Waals surface area (Å²) in [6, 6.07) is 3.51. The first-order valence-corrected chi connectivity index (χ1v) is 6.12. The molecule has 1 aromatic rings. The Kier molecular flexibility index (Phi) is 5.63. The van der Waals surface area contributed by atoms with E-state index in [-0.39, 0.29) is 12.5 Å². The number of pyridine rings is 1. The van der Waals surface area contributed by atoms with Crippen molar-refractivity contribution in [3.8, 4) is 0 Å². The van der Waals surface area contributed by atoms with Gasteiger partial charge in [0, 0.05) is 11.8 Å². The molecule has 1 heterocycles. The second-order valence-corrected chi connectivity index (χ2v) is 4.40. The summed E-state index contributed by atoms with van der Waals surface area (Å²) < 4.78 is 10.2. The number of hydrogen-bond donors (Lipinski definition) is 1. The first-order chi connectivity index (χ1) is 8.93. The molecule has 1 atom stereocenters. The van der Waals surface area contributed by atoms with Crippen LogP contribution in [0.3, 0.4) is 0 Å². The molecule has 0 saturated heterocycles. The molecule has 0 aliphatic carbocycles. The standard InChI is InChI=1S/C13H17ClN2O3/c1-8(10-4-5-12(14)16-7-10)19-9(2)11(15)6-13(17)18-3/h4-5,7-8H,6,15H2,1-3H3/b11-9-. The van der Waals surface area contributed by atoms with Crippen LogP contribution in [0.1, 0.15) is 31.9 Å². The predicted molar refractivity (Wildman–Crippen MR) is 72.3 cm³/mol. The maximum atomic E-state index is 11.1. The van der Waals surface area contributed by atoms with Gasteiger partial charge in [-0.3, -0.25) is 4.79 Å². The Morgan fingerprint density at radius 3 is 2.74 bits per heavy atom. The van der Waals surface area contributed by atoms with Gasteiger partial charge in [0.05, 0.1) is 19.2 Å². The quantitative estimate of drug-likeness (QED) is 0.511. The lowest BCUT2D eigenvalue weighted by atomic mass is 10.2. The normalized spacial score (nSPS) is 13.5. The number of allylic oxidation sites excluding steroid dienone is 1. The van der Waals surface area contributed by atoms with Crippen molar-refractivity contribution in [3.05, 3.63) is 40.5 Å². The van der Waals surface area contributed by atoms with Gasteiger partial charge in [0.1, 0.15) is 17.0 Å². The van der Waals surface area contributed by atoms with E-state index < -0.39 is 5.97 Å². The van der Waals surface area contributed by atoms with E-state index in [1.807, 2.05) is 13.0 Å². The van der Waals surface area contributed by atoms with E-state index in [2.05, 4.69) is 9.72 Å². The zero-order valence-electron chi connectivity index (χ0n) is 11.1. The summed E-state index contributed by atoms with van der Waals surface area (Å²) in [5.41, 5.74) is 6.98. The van der Waals surface area contributed by atoms with Crippen molar-refractivity contribution < 1.29 is 14.3 Å². The summed E-state index contributed by atoms with van der Waals surface area (Å²) in [5.74, 6) is 0.0918. The van der Waals surface area contributed by atoms with Crippen molar-refractivity contribution >= 4 is 17.6 Å². The van der Waals surface area contributed by atoms with Crippen molar-refractivity contribution in [2.45, 2.75) is 26.4 Å². The highest BCUT2D eigenvalue weighted by Gasteiger charge is 2.11. The molecule has 0 radical (unpaired) electrons. The number of aromatic nitrogens is 1. The van der Waals surface area contributed by atoms with Crippen LogP contribution in [-0.4, -0.2) is 18.1 Å². The average molecular weight is 285 g/mol. The first kappa shape index (κ1) is 15.3. The second kappa shape index (κ2) is 6.99. The predicted octanol–water partition coefficient (Wildman–Crippen LogP) is 2.57. The molecule has 2 N–H and O–H groups in total. The molecule has 0 amide bonds. The summed E-state index contributed by atoms with van der Waals surface area (Å²) in [4.78, 5) is 15.1. The minimum Gasteiger partial charge on any atom is -0.489 e. The number of nitrogens with two attached hydrogens (primary N) is 1. The van der Waals surface area contributed by atoms with Crippen LogP contribution < -0.4 is 5.73 Å². The van der Waals surface area contributed by atoms with Crippen LogP contribution in [-0.2, 0) is 14.3 Å². The van der Waals surface area contributed by atoms with Crippen LogP contribution in [0.15, 0.2) is 29.8 Å². The molecule has 0 fully saturated rings. The van der Waals surface area contributed by atoms with Crippen LogP contribution in [0.25, 0.3) is 0 Å². The van der Waals surface area contributed by atoms with E-state index in [1.54, 1.807) is 19.2 Å². The van der Waals surface area contributed by atoms with Crippen LogP contribution in [0.4, 0.5) is 0 Å². The number of nitrogens with zero attached hydrogens (tertiary/aromatic N) is 1. The number of rotatable bonds is 5. The molecule has 0 saturated carbocycles. The molecule has 1 aromatic heterocycles. The van der Waals surface area contributed by atoms with Gasteiger partial charge < -0.3 is 15.2 Å². The first-order valence-electron chi connectivity index (χ1n) is 5.74. The maximum Gasteiger partial charge on any atom is 0.311 e. The van der Waals surface area contributed by atoms with Crippen LogP contribution in [0.2, 0.25) is 5.15 Å². The molecule has 6 heteroatoms. The number of carbonyl (C=O) groups is 1. The number of methoxy groups -OCH3 is 1. The third-order valence-corrected chi connectivity index (χ3v) is 2.81. The minimum atomic E-state index is -0.402. The monoisotopic (exact) mass is 284 g/mol. The fourth-order valence-electron chi connectivity index (χ4n) is 1.39. The summed E-state index contributed by atoms with van der Waals surface area (Å²) in [5, 5.41) is 0.424. The molecule has 5 nitrogen and oxygen atoms in total. The Morgan fingerprint density at radius 1 is 1.53 bits per heavy atom. The van der Waals surface area contributed by atoms with Gasteiger partial charge >= 0.3 is 5.97 Å². The largest absolute Gasteiger partial charge is 0.489 e. The lowest BCUT2D eigenvalue weighted by Crippen LogP contribution is -2.12. The molecule has 1 unspecified atom stereocenters. The second-order valence-electron chi connectivity index (χ2n) is 4.01. The highest BCUT2D eigenvalue weighted by atomic mass is 35.5. The van der Waals surface area contributed by atoms with Gasteiger partial charge in [0.25, 0.3) is 0 Å². The fraction of sp³-hybridized carbons (Fsp3) is 0.385. The van der Waals surface area contributed by atoms with E-state index in [1.165, 1.54) is 7.11 Å². The molecule has 0 aliphatic heterocycles. The van der Waals surface area contributed by atoms with E-state index in [0.29, 0.717) is 16.6 Å². The zero-order chi connectivity index (χ0) is 14.4. The Morgan fingerprint density at radius 2 is 2.21 bits per heavy atom. The van der Waals surface area contributed by atoms with Crippen molar-refractivity contribution in [3.63, 3.8) is 0 Å². The molecular formula is C13H17ClN2O3. The number of carbonyl (C=O) groups excluding carboxylic acids is 1. The van der Waals surface area contributed by atoms with Gasteiger partial charge in [0.2, 0.25) is 0 Å². The van der Waals surface area contributed by atoms with Crippen LogP contribution >= 0.6 is 11.6 Å². The van der Waals surface area contributed by atoms with Crippen molar-refractivity contribution in [1.82, 2.24) is 4.98 Å². The van der Waals surface area contributed by atoms with E-state index in [4.69, 9.17) is 22.1 Å². The van der Waals surface area contributed by atoms with Crippen LogP contribution in [0.5, 0.6) is 0 Å². The number of hydrogen-bond acceptors (Lipinski definition) is 5. The SMILES string of the molecule is COC(=O)C/C(N)=C(\C)OC(C)c1ccc(Cl)nc1. The Balaban J connectivity index is 2.69. The van der Waals surface area contributed by atoms with E-state index in [0.717, 1.165) is 5.56 Å². The van der Waals surface area contributed by atoms with Gasteiger partial charge in [-0.15, -0.1) is 0 Å². The molecule has 0 aromatic carbocycles. The Bertz CT molecular complexity index is 471. The van der Waals surface area contributed by atoms with Gasteiger partial charge in [-0.1, -0.05) is 17.7 Å². The number of ether oxygens (including phenoxy) is 2. The van der Waals surface area contributed by atoms with E-state index in [9.17, 15) is 4.79 Å². The lowest BCUT2D eigenvalue weighted by Gasteiger charge is -2.16. The topological polar surface area (TPSA) is 74.4 Å². The molecule has 0 aliphatic rings. The summed E-state index contributed by atoms with van der Waals surface area (Å²) in [6.45, 7) is 3.57. The molecule has 1 rings (SSSR count). The number of halogens is 1. The third-order valence-electron chi connectivity index (χ3n) is 2.59. The van der Waals surface area contributed by atoms with Gasteiger partial charge in [0.15, 0.2) is 0 Å². The fourth-order valence-corrected chi connectivity index (χ4v) is 1.50. The summed E-state index contributed by atoms with van der Waals surface area (Å²) in [6.07, 6.45) is 1.41. The molecular weight excluding hydrogens is 268 g/mol. The number of esters is 1. The van der Waals surface area contributed by atoms with Crippen LogP contribution in [0, 0.1) is 0 Å². The summed E-state index contributed by atoms with van der Waals surface area (Å²) in [7, 11) is 1.31. The Hall–Kier alpha value is -1.75. The molecule has 0 bridgehead atoms. The lowest BCUT2D eigenvalue weighted by molar-refractivity contribution is -0.139. The maximum absolute atomic E-state index is 11.1. The highest BCUT2D eigenvalue weighted by Crippen LogP contribution is 2.21. The van der Waals surface area contributed by atoms with Gasteiger partial charge in [-0.05, 0) is 19.9 Å². The van der Waals surface area contributed by atoms with Crippen molar-refractivity contribution in [2.24, 2.45) is 5.73 Å². The molecule has 0 spiro atoms. The zero-order valence-corrected chi connectivity index (χ0v) is 11.9. The smallest absolute Gasteiger partial charge is 0.311 e. The summed E-state index contributed by atoms with van der Waals surface area (Å²) >= 11 is 5.71. The molecule has 104 valence electrons. The minimum absolute atomic E-state index is 0.00786. The molecule has 19 heavy (non-hydrogen) atoms. The highest BCUT2D eigenvalue weighted by molar-refractivity contribution is 6.29. The van der Waals surface area contributed by atoms with Gasteiger partial charge in [-0.25, -0.2) is 4.98 Å². The van der Waals surface area contributed by atoms with Crippen molar-refractivity contribution in [2.75, 3.05) is 7.11 Å². The van der Waals surface area contributed by atoms with Crippen molar-refractivity contribution in [1.29, 1.82) is 0 Å². The van der Waals surface area contributed by atoms with Gasteiger partial charge in [-0.2, -0.15) is 0 Å².